The van der Waals surface area contributed by atoms with E-state index in [4.69, 9.17) is 5.73 Å². The molecule has 2 fully saturated rings. The first-order chi connectivity index (χ1) is 8.66. The zero-order valence-corrected chi connectivity index (χ0v) is 10.5. The number of piperazine rings is 1. The molecular weight excluding hydrogens is 226 g/mol. The molecule has 1 heterocycles. The van der Waals surface area contributed by atoms with E-state index in [1.807, 2.05) is 17.0 Å². The molecule has 1 amide bonds. The molecule has 0 radical (unpaired) electrons. The lowest BCUT2D eigenvalue weighted by Gasteiger charge is -2.28. The highest BCUT2D eigenvalue weighted by Gasteiger charge is 2.38. The number of carbonyl (C=O) groups excluding carboxylic acids is 1. The number of benzene rings is 1. The number of nitrogens with two attached hydrogens (primary N) is 1. The van der Waals surface area contributed by atoms with E-state index in [0.717, 1.165) is 38.0 Å². The molecule has 3 rings (SSSR count). The Kier molecular flexibility index (Phi) is 2.84. The Bertz CT molecular complexity index is 468. The Morgan fingerprint density at radius 2 is 2.22 bits per heavy atom. The van der Waals surface area contributed by atoms with Gasteiger partial charge in [-0.05, 0) is 37.0 Å². The average molecular weight is 245 g/mol. The molecule has 4 nitrogen and oxygen atoms in total. The lowest BCUT2D eigenvalue weighted by molar-refractivity contribution is -0.118. The summed E-state index contributed by atoms with van der Waals surface area (Å²) in [5.41, 5.74) is 8.40. The summed E-state index contributed by atoms with van der Waals surface area (Å²) in [6.45, 7) is 2.04. The van der Waals surface area contributed by atoms with Crippen LogP contribution in [0.25, 0.3) is 0 Å². The van der Waals surface area contributed by atoms with Crippen molar-refractivity contribution in [3.05, 3.63) is 29.8 Å². The summed E-state index contributed by atoms with van der Waals surface area (Å²) >= 11 is 0. The van der Waals surface area contributed by atoms with Gasteiger partial charge in [0, 0.05) is 24.3 Å². The van der Waals surface area contributed by atoms with Gasteiger partial charge in [0.1, 0.15) is 0 Å². The lowest BCUT2D eigenvalue weighted by Crippen LogP contribution is -2.48. The molecule has 1 aromatic rings. The first-order valence-electron chi connectivity index (χ1n) is 6.55. The standard InChI is InChI=1S/C14H19N3O/c15-14(4-5-14)9-11-2-1-3-12(8-11)17-7-6-16-10-13(17)18/h1-3,8,16H,4-7,9-10,15H2. The number of anilines is 1. The third-order valence-electron chi connectivity index (χ3n) is 3.76. The zero-order valence-electron chi connectivity index (χ0n) is 10.5. The molecule has 4 heteroatoms. The molecule has 1 aliphatic heterocycles. The zero-order chi connectivity index (χ0) is 12.6. The van der Waals surface area contributed by atoms with Crippen molar-refractivity contribution in [1.29, 1.82) is 0 Å². The van der Waals surface area contributed by atoms with Crippen molar-refractivity contribution < 1.29 is 4.79 Å². The van der Waals surface area contributed by atoms with Crippen LogP contribution in [0.2, 0.25) is 0 Å². The highest BCUT2D eigenvalue weighted by molar-refractivity contribution is 5.95. The molecule has 0 bridgehead atoms. The smallest absolute Gasteiger partial charge is 0.240 e. The van der Waals surface area contributed by atoms with Gasteiger partial charge in [0.05, 0.1) is 6.54 Å². The largest absolute Gasteiger partial charge is 0.325 e. The third kappa shape index (κ3) is 2.40. The van der Waals surface area contributed by atoms with Gasteiger partial charge < -0.3 is 16.0 Å². The first-order valence-corrected chi connectivity index (χ1v) is 6.55. The molecule has 2 aliphatic rings. The molecule has 3 N–H and O–H groups in total. The highest BCUT2D eigenvalue weighted by atomic mass is 16.2. The number of hydrogen-bond acceptors (Lipinski definition) is 3. The fraction of sp³-hybridized carbons (Fsp3) is 0.500. The van der Waals surface area contributed by atoms with Crippen LogP contribution in [0.15, 0.2) is 24.3 Å². The van der Waals surface area contributed by atoms with Crippen LogP contribution in [0, 0.1) is 0 Å². The number of rotatable bonds is 3. The third-order valence-corrected chi connectivity index (χ3v) is 3.76. The maximum Gasteiger partial charge on any atom is 0.240 e. The van der Waals surface area contributed by atoms with Crippen LogP contribution >= 0.6 is 0 Å². The van der Waals surface area contributed by atoms with E-state index < -0.39 is 0 Å². The summed E-state index contributed by atoms with van der Waals surface area (Å²) in [6.07, 6.45) is 3.15. The molecule has 96 valence electrons. The Hall–Kier alpha value is -1.39. The summed E-state index contributed by atoms with van der Waals surface area (Å²) in [5.74, 6) is 0.146. The molecule has 1 aliphatic carbocycles. The SMILES string of the molecule is NC1(Cc2cccc(N3CCNCC3=O)c2)CC1. The fourth-order valence-electron chi connectivity index (χ4n) is 2.46. The molecule has 1 saturated heterocycles. The van der Waals surface area contributed by atoms with Crippen molar-refractivity contribution in [2.45, 2.75) is 24.8 Å². The normalized spacial score (nSPS) is 22.1. The number of carbonyl (C=O) groups is 1. The van der Waals surface area contributed by atoms with Crippen LogP contribution in [-0.4, -0.2) is 31.1 Å². The molecule has 1 aromatic carbocycles. The van der Waals surface area contributed by atoms with E-state index >= 15 is 0 Å². The minimum atomic E-state index is 0.0199. The number of amides is 1. The molecule has 0 atom stereocenters. The summed E-state index contributed by atoms with van der Waals surface area (Å²) in [4.78, 5) is 13.7. The van der Waals surface area contributed by atoms with Gasteiger partial charge in [0.2, 0.25) is 5.91 Å². The second-order valence-electron chi connectivity index (χ2n) is 5.43. The number of hydrogen-bond donors (Lipinski definition) is 2. The van der Waals surface area contributed by atoms with Crippen molar-refractivity contribution in [3.8, 4) is 0 Å². The monoisotopic (exact) mass is 245 g/mol. The van der Waals surface area contributed by atoms with Crippen molar-refractivity contribution in [1.82, 2.24) is 5.32 Å². The van der Waals surface area contributed by atoms with Crippen LogP contribution in [0.1, 0.15) is 18.4 Å². The van der Waals surface area contributed by atoms with Crippen LogP contribution in [0.3, 0.4) is 0 Å². The molecule has 0 spiro atoms. The predicted molar refractivity (Wildman–Crippen MR) is 71.5 cm³/mol. The maximum absolute atomic E-state index is 11.8. The maximum atomic E-state index is 11.8. The Balaban J connectivity index is 1.79. The van der Waals surface area contributed by atoms with Crippen LogP contribution in [0.5, 0.6) is 0 Å². The first kappa shape index (κ1) is 11.7. The van der Waals surface area contributed by atoms with Gasteiger partial charge in [-0.1, -0.05) is 12.1 Å². The molecule has 1 saturated carbocycles. The summed E-state index contributed by atoms with van der Waals surface area (Å²) in [6, 6.07) is 8.23. The average Bonchev–Trinajstić information content (AvgIpc) is 3.07. The van der Waals surface area contributed by atoms with Gasteiger partial charge in [-0.15, -0.1) is 0 Å². The van der Waals surface area contributed by atoms with Gasteiger partial charge in [0.15, 0.2) is 0 Å². The van der Waals surface area contributed by atoms with Gasteiger partial charge >= 0.3 is 0 Å². The Morgan fingerprint density at radius 3 is 2.94 bits per heavy atom. The lowest BCUT2D eigenvalue weighted by atomic mass is 10.0. The van der Waals surface area contributed by atoms with E-state index in [2.05, 4.69) is 17.4 Å². The second kappa shape index (κ2) is 4.37. The van der Waals surface area contributed by atoms with Gasteiger partial charge in [-0.2, -0.15) is 0 Å². The van der Waals surface area contributed by atoms with Crippen molar-refractivity contribution in [2.24, 2.45) is 5.73 Å². The van der Waals surface area contributed by atoms with E-state index in [9.17, 15) is 4.79 Å². The Labute approximate surface area is 107 Å². The summed E-state index contributed by atoms with van der Waals surface area (Å²) in [7, 11) is 0. The van der Waals surface area contributed by atoms with Crippen LogP contribution in [0.4, 0.5) is 5.69 Å². The highest BCUT2D eigenvalue weighted by Crippen LogP contribution is 2.36. The van der Waals surface area contributed by atoms with Crippen LogP contribution < -0.4 is 16.0 Å². The van der Waals surface area contributed by atoms with Crippen molar-refractivity contribution in [2.75, 3.05) is 24.5 Å². The van der Waals surface area contributed by atoms with E-state index in [-0.39, 0.29) is 11.4 Å². The van der Waals surface area contributed by atoms with Crippen molar-refractivity contribution in [3.63, 3.8) is 0 Å². The van der Waals surface area contributed by atoms with E-state index in [1.54, 1.807) is 0 Å². The molecule has 0 unspecified atom stereocenters. The van der Waals surface area contributed by atoms with Gasteiger partial charge in [-0.3, -0.25) is 4.79 Å². The fourth-order valence-corrected chi connectivity index (χ4v) is 2.46. The predicted octanol–water partition coefficient (Wildman–Crippen LogP) is 0.657. The number of nitrogens with zero attached hydrogens (tertiary/aromatic N) is 1. The van der Waals surface area contributed by atoms with E-state index in [0.29, 0.717) is 6.54 Å². The van der Waals surface area contributed by atoms with Gasteiger partial charge in [-0.25, -0.2) is 0 Å². The summed E-state index contributed by atoms with van der Waals surface area (Å²) < 4.78 is 0. The number of nitrogens with one attached hydrogen (secondary N) is 1. The molecule has 0 aromatic heterocycles. The van der Waals surface area contributed by atoms with E-state index in [1.165, 1.54) is 5.56 Å². The quantitative estimate of drug-likeness (QED) is 0.822. The molecular formula is C14H19N3O. The van der Waals surface area contributed by atoms with Gasteiger partial charge in [0.25, 0.3) is 0 Å². The Morgan fingerprint density at radius 1 is 1.39 bits per heavy atom. The van der Waals surface area contributed by atoms with Crippen LogP contribution in [-0.2, 0) is 11.2 Å². The van der Waals surface area contributed by atoms with Crippen molar-refractivity contribution >= 4 is 11.6 Å². The summed E-state index contributed by atoms with van der Waals surface area (Å²) in [5, 5.41) is 3.09. The second-order valence-corrected chi connectivity index (χ2v) is 5.43. The molecule has 18 heavy (non-hydrogen) atoms. The minimum Gasteiger partial charge on any atom is -0.325 e. The topological polar surface area (TPSA) is 58.4 Å². The minimum absolute atomic E-state index is 0.0199.